The van der Waals surface area contributed by atoms with Crippen molar-refractivity contribution < 1.29 is 47.7 Å². The molecule has 0 N–H and O–H groups in total. The number of nitro benzene ring substituents is 1. The van der Waals surface area contributed by atoms with Crippen molar-refractivity contribution in [2.24, 2.45) is 7.05 Å². The molecule has 1 heterocycles. The van der Waals surface area contributed by atoms with Crippen molar-refractivity contribution in [3.05, 3.63) is 64.5 Å². The Hall–Kier alpha value is -2.23. The number of carbonyl (C=O) groups excluding carboxylic acids is 1. The molecule has 0 aliphatic heterocycles. The molecule has 0 unspecified atom stereocenters. The van der Waals surface area contributed by atoms with E-state index in [2.05, 4.69) is 0 Å². The van der Waals surface area contributed by atoms with Crippen molar-refractivity contribution in [3.8, 4) is 5.75 Å². The van der Waals surface area contributed by atoms with E-state index in [-0.39, 0.29) is 35.6 Å². The highest BCUT2D eigenvalue weighted by molar-refractivity contribution is 5.88. The van der Waals surface area contributed by atoms with E-state index >= 15 is 0 Å². The minimum absolute atomic E-state index is 0. The van der Waals surface area contributed by atoms with Gasteiger partial charge in [0.2, 0.25) is 0 Å². The Morgan fingerprint density at radius 2 is 1.62 bits per heavy atom. The monoisotopic (exact) mass is 514 g/mol. The van der Waals surface area contributed by atoms with E-state index in [1.54, 1.807) is 24.4 Å². The van der Waals surface area contributed by atoms with Gasteiger partial charge in [0.05, 0.1) is 18.1 Å². The predicted molar refractivity (Wildman–Crippen MR) is 104 cm³/mol. The number of halogens is 1. The van der Waals surface area contributed by atoms with Crippen LogP contribution in [0.2, 0.25) is 0 Å². The molecule has 0 atom stereocenters. The van der Waals surface area contributed by atoms with Crippen LogP contribution in [-0.2, 0) is 11.8 Å². The van der Waals surface area contributed by atoms with Crippen LogP contribution >= 0.6 is 0 Å². The van der Waals surface area contributed by atoms with E-state index in [1.807, 2.05) is 23.9 Å². The topological polar surface area (TPSA) is 82.5 Å². The number of hydrogen-bond acceptors (Lipinski definition) is 5. The molecule has 0 saturated carbocycles. The maximum atomic E-state index is 11.9. The first-order valence-corrected chi connectivity index (χ1v) is 9.56. The molecule has 0 aliphatic rings. The van der Waals surface area contributed by atoms with E-state index in [4.69, 9.17) is 9.47 Å². The van der Waals surface area contributed by atoms with Gasteiger partial charge in [-0.15, -0.1) is 0 Å². The van der Waals surface area contributed by atoms with Gasteiger partial charge in [-0.3, -0.25) is 10.1 Å². The fourth-order valence-electron chi connectivity index (χ4n) is 2.72. The first-order valence-electron chi connectivity index (χ1n) is 9.56. The van der Waals surface area contributed by atoms with Crippen molar-refractivity contribution in [3.63, 3.8) is 0 Å². The lowest BCUT2D eigenvalue weighted by molar-refractivity contribution is -0.671. The predicted octanol–water partition coefficient (Wildman–Crippen LogP) is 1.000. The van der Waals surface area contributed by atoms with Crippen molar-refractivity contribution in [1.82, 2.24) is 0 Å². The minimum Gasteiger partial charge on any atom is -1.00 e. The number of esters is 1. The lowest BCUT2D eigenvalue weighted by Gasteiger charge is -2.06. The van der Waals surface area contributed by atoms with E-state index in [1.165, 1.54) is 12.1 Å². The Bertz CT molecular complexity index is 768. The third kappa shape index (κ3) is 9.69. The van der Waals surface area contributed by atoms with Gasteiger partial charge in [0.15, 0.2) is 12.4 Å². The summed E-state index contributed by atoms with van der Waals surface area (Å²) in [6.45, 7) is 1.05. The molecule has 0 aliphatic carbocycles. The van der Waals surface area contributed by atoms with Gasteiger partial charge < -0.3 is 33.5 Å². The molecule has 7 nitrogen and oxygen atoms in total. The number of non-ortho nitro benzene ring substituents is 1. The summed E-state index contributed by atoms with van der Waals surface area (Å²) in [7, 11) is 1.87. The maximum absolute atomic E-state index is 11.9. The average molecular weight is 514 g/mol. The van der Waals surface area contributed by atoms with Crippen LogP contribution in [0.5, 0.6) is 5.75 Å². The normalized spacial score (nSPS) is 10.1. The zero-order chi connectivity index (χ0) is 20.2. The summed E-state index contributed by atoms with van der Waals surface area (Å²) in [6.07, 6.45) is 9.71. The maximum Gasteiger partial charge on any atom is 0.344 e. The summed E-state index contributed by atoms with van der Waals surface area (Å²) in [6, 6.07) is 9.70. The second-order valence-corrected chi connectivity index (χ2v) is 6.61. The van der Waals surface area contributed by atoms with E-state index in [0.717, 1.165) is 38.5 Å². The SMILES string of the molecule is C[n+]1cccc(C(=O)OCCCCCCCCOc2ccc([N+](=O)[O-])cc2)c1.[I-]. The summed E-state index contributed by atoms with van der Waals surface area (Å²) in [5, 5.41) is 10.6. The van der Waals surface area contributed by atoms with E-state index < -0.39 is 4.92 Å². The lowest BCUT2D eigenvalue weighted by Crippen LogP contribution is -3.00. The van der Waals surface area contributed by atoms with Crippen molar-refractivity contribution in [2.75, 3.05) is 13.2 Å². The van der Waals surface area contributed by atoms with Crippen LogP contribution in [0.4, 0.5) is 5.69 Å². The number of rotatable bonds is 12. The highest BCUT2D eigenvalue weighted by Gasteiger charge is 2.10. The fraction of sp³-hybridized carbons (Fsp3) is 0.429. The van der Waals surface area contributed by atoms with Gasteiger partial charge in [0.1, 0.15) is 18.4 Å². The minimum atomic E-state index is -0.424. The molecule has 1 aromatic carbocycles. The van der Waals surface area contributed by atoms with E-state index in [9.17, 15) is 14.9 Å². The second-order valence-electron chi connectivity index (χ2n) is 6.61. The Labute approximate surface area is 188 Å². The van der Waals surface area contributed by atoms with Gasteiger partial charge in [-0.25, -0.2) is 9.36 Å². The molecule has 0 radical (unpaired) electrons. The number of ether oxygens (including phenoxy) is 2. The number of carbonyl (C=O) groups is 1. The molecule has 8 heteroatoms. The van der Waals surface area contributed by atoms with Crippen LogP contribution < -0.4 is 33.3 Å². The number of pyridine rings is 1. The van der Waals surface area contributed by atoms with Crippen molar-refractivity contribution in [2.45, 2.75) is 38.5 Å². The Morgan fingerprint density at radius 3 is 2.24 bits per heavy atom. The summed E-state index contributed by atoms with van der Waals surface area (Å²) < 4.78 is 12.7. The van der Waals surface area contributed by atoms with Gasteiger partial charge in [-0.05, 0) is 31.0 Å². The number of unbranched alkanes of at least 4 members (excludes halogenated alkanes) is 5. The summed E-state index contributed by atoms with van der Waals surface area (Å²) in [5.41, 5.74) is 0.633. The smallest absolute Gasteiger partial charge is 0.344 e. The van der Waals surface area contributed by atoms with Gasteiger partial charge in [-0.1, -0.05) is 25.7 Å². The molecule has 0 fully saturated rings. The fourth-order valence-corrected chi connectivity index (χ4v) is 2.72. The molecule has 0 saturated heterocycles. The largest absolute Gasteiger partial charge is 1.00 e. The van der Waals surface area contributed by atoms with Gasteiger partial charge in [0.25, 0.3) is 5.69 Å². The molecule has 0 amide bonds. The van der Waals surface area contributed by atoms with Crippen LogP contribution in [0.25, 0.3) is 0 Å². The van der Waals surface area contributed by atoms with Crippen LogP contribution in [0.1, 0.15) is 48.9 Å². The van der Waals surface area contributed by atoms with Gasteiger partial charge >= 0.3 is 5.97 Å². The highest BCUT2D eigenvalue weighted by atomic mass is 127. The van der Waals surface area contributed by atoms with Crippen LogP contribution in [0, 0.1) is 10.1 Å². The van der Waals surface area contributed by atoms with Crippen LogP contribution in [0.15, 0.2) is 48.8 Å². The molecular weight excluding hydrogens is 487 g/mol. The number of aromatic nitrogens is 1. The van der Waals surface area contributed by atoms with Crippen LogP contribution in [0.3, 0.4) is 0 Å². The number of aryl methyl sites for hydroxylation is 1. The Morgan fingerprint density at radius 1 is 1.00 bits per heavy atom. The molecule has 0 bridgehead atoms. The van der Waals surface area contributed by atoms with Gasteiger partial charge in [0, 0.05) is 18.2 Å². The first kappa shape index (κ1) is 24.8. The average Bonchev–Trinajstić information content (AvgIpc) is 2.69. The Kier molecular flexibility index (Phi) is 11.9. The van der Waals surface area contributed by atoms with Crippen molar-refractivity contribution in [1.29, 1.82) is 0 Å². The third-order valence-corrected chi connectivity index (χ3v) is 4.26. The summed E-state index contributed by atoms with van der Waals surface area (Å²) >= 11 is 0. The molecule has 2 rings (SSSR count). The summed E-state index contributed by atoms with van der Waals surface area (Å²) in [4.78, 5) is 22.1. The van der Waals surface area contributed by atoms with E-state index in [0.29, 0.717) is 24.5 Å². The molecular formula is C21H27IN2O5. The molecule has 29 heavy (non-hydrogen) atoms. The molecule has 2 aromatic rings. The number of benzene rings is 1. The number of hydrogen-bond donors (Lipinski definition) is 0. The zero-order valence-electron chi connectivity index (χ0n) is 16.6. The number of nitro groups is 1. The molecule has 1 aromatic heterocycles. The standard InChI is InChI=1S/C21H27N2O5.HI/c1-22-14-8-9-18(17-22)21(24)28-16-7-5-3-2-4-6-15-27-20-12-10-19(11-13-20)23(25)26;/h8-14,17H,2-7,15-16H2,1H3;1H/q+1;/p-1. The first-order chi connectivity index (χ1) is 13.6. The van der Waals surface area contributed by atoms with Gasteiger partial charge in [-0.2, -0.15) is 0 Å². The summed E-state index contributed by atoms with van der Waals surface area (Å²) in [5.74, 6) is 0.374. The molecule has 0 spiro atoms. The van der Waals surface area contributed by atoms with Crippen molar-refractivity contribution >= 4 is 11.7 Å². The molecule has 158 valence electrons. The zero-order valence-corrected chi connectivity index (χ0v) is 18.7. The lowest BCUT2D eigenvalue weighted by atomic mass is 10.1. The third-order valence-electron chi connectivity index (χ3n) is 4.26. The number of nitrogens with zero attached hydrogens (tertiary/aromatic N) is 2. The Balaban J connectivity index is 0.00000420. The quantitative estimate of drug-likeness (QED) is 0.105. The highest BCUT2D eigenvalue weighted by Crippen LogP contribution is 2.17. The second kappa shape index (κ2) is 13.9. The van der Waals surface area contributed by atoms with Crippen LogP contribution in [-0.4, -0.2) is 24.1 Å².